The van der Waals surface area contributed by atoms with Gasteiger partial charge in [-0.25, -0.2) is 4.98 Å². The van der Waals surface area contributed by atoms with Gasteiger partial charge in [-0.05, 0) is 50.2 Å². The topological polar surface area (TPSA) is 95.2 Å². The molecule has 1 aromatic heterocycles. The zero-order chi connectivity index (χ0) is 24.7. The van der Waals surface area contributed by atoms with Crippen molar-refractivity contribution in [3.05, 3.63) is 30.1 Å². The fourth-order valence-electron chi connectivity index (χ4n) is 4.72. The normalized spacial score (nSPS) is 18.1. The van der Waals surface area contributed by atoms with Gasteiger partial charge in [0, 0.05) is 31.3 Å². The van der Waals surface area contributed by atoms with Gasteiger partial charge in [0.1, 0.15) is 5.82 Å². The third-order valence-corrected chi connectivity index (χ3v) is 6.85. The van der Waals surface area contributed by atoms with Crippen molar-refractivity contribution in [2.24, 2.45) is 5.92 Å². The van der Waals surface area contributed by atoms with E-state index in [-0.39, 0.29) is 42.4 Å². The molecule has 0 radical (unpaired) electrons. The molecule has 34 heavy (non-hydrogen) atoms. The summed E-state index contributed by atoms with van der Waals surface area (Å²) in [5, 5.41) is 2.89. The Morgan fingerprint density at radius 2 is 1.91 bits per heavy atom. The molecule has 3 atom stereocenters. The Labute approximate surface area is 203 Å². The molecule has 2 N–H and O–H groups in total. The van der Waals surface area contributed by atoms with Gasteiger partial charge in [-0.1, -0.05) is 39.8 Å². The molecule has 186 valence electrons. The zero-order valence-electron chi connectivity index (χ0n) is 21.1. The van der Waals surface area contributed by atoms with Crippen LogP contribution < -0.4 is 5.32 Å². The monoisotopic (exact) mass is 468 g/mol. The van der Waals surface area contributed by atoms with Crippen molar-refractivity contribution >= 4 is 28.6 Å². The van der Waals surface area contributed by atoms with Crippen molar-refractivity contribution in [3.8, 4) is 0 Å². The zero-order valence-corrected chi connectivity index (χ0v) is 21.1. The van der Waals surface area contributed by atoms with Gasteiger partial charge in [0.05, 0.1) is 23.5 Å². The summed E-state index contributed by atoms with van der Waals surface area (Å²) in [5.74, 6) is 0.668. The molecule has 7 nitrogen and oxygen atoms in total. The van der Waals surface area contributed by atoms with Crippen molar-refractivity contribution in [2.45, 2.75) is 97.1 Å². The van der Waals surface area contributed by atoms with E-state index in [1.165, 1.54) is 0 Å². The molecule has 1 fully saturated rings. The number of carbonyl (C=O) groups excluding carboxylic acids is 3. The smallest absolute Gasteiger partial charge is 0.225 e. The summed E-state index contributed by atoms with van der Waals surface area (Å²) in [7, 11) is 0. The number of amides is 2. The van der Waals surface area contributed by atoms with Crippen LogP contribution in [-0.4, -0.2) is 51.1 Å². The van der Waals surface area contributed by atoms with Crippen LogP contribution in [0.3, 0.4) is 0 Å². The molecule has 1 aliphatic heterocycles. The highest BCUT2D eigenvalue weighted by molar-refractivity contribution is 5.93. The maximum Gasteiger partial charge on any atom is 0.225 e. The molecule has 7 heteroatoms. The second kappa shape index (κ2) is 12.1. The van der Waals surface area contributed by atoms with Crippen LogP contribution >= 0.6 is 0 Å². The summed E-state index contributed by atoms with van der Waals surface area (Å²) in [4.78, 5) is 49.0. The predicted octanol–water partition coefficient (Wildman–Crippen LogP) is 4.73. The predicted molar refractivity (Wildman–Crippen MR) is 134 cm³/mol. The minimum atomic E-state index is -0.807. The van der Waals surface area contributed by atoms with Crippen LogP contribution in [-0.2, 0) is 14.4 Å². The number of benzene rings is 1. The number of nitrogens with one attached hydrogen (secondary N) is 2. The van der Waals surface area contributed by atoms with Crippen LogP contribution in [0, 0.1) is 5.92 Å². The number of piperidine rings is 1. The van der Waals surface area contributed by atoms with Gasteiger partial charge >= 0.3 is 0 Å². The van der Waals surface area contributed by atoms with E-state index in [0.29, 0.717) is 12.3 Å². The van der Waals surface area contributed by atoms with Crippen molar-refractivity contribution in [1.29, 1.82) is 0 Å². The lowest BCUT2D eigenvalue weighted by Crippen LogP contribution is -2.49. The van der Waals surface area contributed by atoms with Crippen LogP contribution in [0.1, 0.15) is 90.8 Å². The van der Waals surface area contributed by atoms with Crippen LogP contribution in [0.4, 0.5) is 0 Å². The van der Waals surface area contributed by atoms with Crippen LogP contribution in [0.2, 0.25) is 0 Å². The maximum absolute atomic E-state index is 13.4. The largest absolute Gasteiger partial charge is 0.346 e. The molecule has 2 aromatic rings. The fourth-order valence-corrected chi connectivity index (χ4v) is 4.72. The first-order valence-electron chi connectivity index (χ1n) is 12.8. The summed E-state index contributed by atoms with van der Waals surface area (Å²) in [6, 6.07) is 7.18. The number of carbonyl (C=O) groups is 3. The van der Waals surface area contributed by atoms with Crippen LogP contribution in [0.5, 0.6) is 0 Å². The molecule has 0 bridgehead atoms. The van der Waals surface area contributed by atoms with E-state index < -0.39 is 6.04 Å². The molecule has 0 saturated carbocycles. The van der Waals surface area contributed by atoms with E-state index >= 15 is 0 Å². The van der Waals surface area contributed by atoms with Gasteiger partial charge in [0.25, 0.3) is 0 Å². The molecule has 0 spiro atoms. The number of hydrogen-bond acceptors (Lipinski definition) is 4. The number of rotatable bonds is 11. The summed E-state index contributed by atoms with van der Waals surface area (Å²) in [6.07, 6.45) is 5.38. The van der Waals surface area contributed by atoms with E-state index in [2.05, 4.69) is 36.1 Å². The summed E-state index contributed by atoms with van der Waals surface area (Å²) < 4.78 is 0. The molecular formula is C27H40N4O3. The number of likely N-dealkylation sites (tertiary alicyclic amines) is 1. The van der Waals surface area contributed by atoms with Gasteiger partial charge in [-0.15, -0.1) is 0 Å². The summed E-state index contributed by atoms with van der Waals surface area (Å²) >= 11 is 0. The molecule has 1 aliphatic rings. The Balaban J connectivity index is 1.70. The lowest BCUT2D eigenvalue weighted by Gasteiger charge is -2.36. The number of aromatic nitrogens is 2. The van der Waals surface area contributed by atoms with E-state index in [1.54, 1.807) is 0 Å². The number of nitrogens with zero attached hydrogens (tertiary/aromatic N) is 2. The number of aromatic amines is 1. The van der Waals surface area contributed by atoms with Crippen molar-refractivity contribution in [2.75, 3.05) is 6.54 Å². The van der Waals surface area contributed by atoms with Gasteiger partial charge in [-0.2, -0.15) is 0 Å². The standard InChI is InChI=1S/C27H40N4O3/c1-5-20-10-8-9-15-31(20)26(34)17-23(28-25(33)14-13-18(2)3)24(32)16-19(4)27-29-21-11-6-7-12-22(21)30-27/h6-7,11-12,18-20,23H,5,8-10,13-17H2,1-4H3,(H,28,33)(H,29,30)/t19-,20+,23+/m1/s1. The van der Waals surface area contributed by atoms with E-state index in [0.717, 1.165) is 55.5 Å². The third-order valence-electron chi connectivity index (χ3n) is 6.85. The number of fused-ring (bicyclic) bond motifs is 1. The average Bonchev–Trinajstić information content (AvgIpc) is 3.26. The van der Waals surface area contributed by atoms with Crippen molar-refractivity contribution in [3.63, 3.8) is 0 Å². The van der Waals surface area contributed by atoms with Gasteiger partial charge in [0.15, 0.2) is 5.78 Å². The molecule has 2 heterocycles. The van der Waals surface area contributed by atoms with Crippen LogP contribution in [0.15, 0.2) is 24.3 Å². The molecule has 2 amide bonds. The Morgan fingerprint density at radius 3 is 2.62 bits per heavy atom. The number of hydrogen-bond donors (Lipinski definition) is 2. The number of ketones is 1. The number of H-pyrrole nitrogens is 1. The summed E-state index contributed by atoms with van der Waals surface area (Å²) in [6.45, 7) is 8.91. The second-order valence-electron chi connectivity index (χ2n) is 10.1. The summed E-state index contributed by atoms with van der Waals surface area (Å²) in [5.41, 5.74) is 1.79. The quantitative estimate of drug-likeness (QED) is 0.498. The lowest BCUT2D eigenvalue weighted by molar-refractivity contribution is -0.138. The molecule has 3 rings (SSSR count). The molecule has 0 unspecified atom stereocenters. The van der Waals surface area contributed by atoms with Gasteiger partial charge < -0.3 is 15.2 Å². The Morgan fingerprint density at radius 1 is 1.15 bits per heavy atom. The van der Waals surface area contributed by atoms with Gasteiger partial charge in [-0.3, -0.25) is 14.4 Å². The van der Waals surface area contributed by atoms with E-state index in [4.69, 9.17) is 0 Å². The number of Topliss-reactive ketones (excluding diaryl/α,β-unsaturated/α-hetero) is 1. The number of para-hydroxylation sites is 2. The molecule has 0 aliphatic carbocycles. The minimum absolute atomic E-state index is 0.0234. The second-order valence-corrected chi connectivity index (χ2v) is 10.1. The number of imidazole rings is 1. The SMILES string of the molecule is CC[C@H]1CCCCN1C(=O)C[C@H](NC(=O)CCC(C)C)C(=O)C[C@@H](C)c1nc2ccccc2[nH]1. The van der Waals surface area contributed by atoms with E-state index in [1.807, 2.05) is 36.1 Å². The Kier molecular flexibility index (Phi) is 9.25. The first kappa shape index (κ1) is 25.9. The Bertz CT molecular complexity index is 950. The lowest BCUT2D eigenvalue weighted by atomic mass is 9.95. The third kappa shape index (κ3) is 6.90. The van der Waals surface area contributed by atoms with Crippen molar-refractivity contribution in [1.82, 2.24) is 20.2 Å². The maximum atomic E-state index is 13.4. The molecule has 1 aromatic carbocycles. The average molecular weight is 469 g/mol. The van der Waals surface area contributed by atoms with Gasteiger partial charge in [0.2, 0.25) is 11.8 Å². The highest BCUT2D eigenvalue weighted by Crippen LogP contribution is 2.23. The fraction of sp³-hybridized carbons (Fsp3) is 0.630. The molecule has 1 saturated heterocycles. The minimum Gasteiger partial charge on any atom is -0.346 e. The first-order valence-corrected chi connectivity index (χ1v) is 12.8. The Hall–Kier alpha value is -2.70. The highest BCUT2D eigenvalue weighted by Gasteiger charge is 2.31. The van der Waals surface area contributed by atoms with E-state index in [9.17, 15) is 14.4 Å². The highest BCUT2D eigenvalue weighted by atomic mass is 16.2. The molecular weight excluding hydrogens is 428 g/mol. The van der Waals surface area contributed by atoms with Crippen LogP contribution in [0.25, 0.3) is 11.0 Å². The first-order chi connectivity index (χ1) is 16.3. The van der Waals surface area contributed by atoms with Crippen molar-refractivity contribution < 1.29 is 14.4 Å².